The Hall–Kier alpha value is -0.910. The molecule has 23 heavy (non-hydrogen) atoms. The lowest BCUT2D eigenvalue weighted by Gasteiger charge is -2.35. The van der Waals surface area contributed by atoms with Gasteiger partial charge in [-0.05, 0) is 50.8 Å². The Bertz CT molecular complexity index is 566. The Kier molecular flexibility index (Phi) is 5.72. The van der Waals surface area contributed by atoms with Gasteiger partial charge in [-0.15, -0.1) is 0 Å². The summed E-state index contributed by atoms with van der Waals surface area (Å²) in [5.74, 6) is 0.723. The molecule has 0 unspecified atom stereocenters. The molecule has 2 aliphatic rings. The highest BCUT2D eigenvalue weighted by molar-refractivity contribution is 7.91. The van der Waals surface area contributed by atoms with Crippen molar-refractivity contribution < 1.29 is 8.42 Å². The van der Waals surface area contributed by atoms with Crippen LogP contribution in [0.15, 0.2) is 30.3 Å². The van der Waals surface area contributed by atoms with Crippen molar-refractivity contribution in [1.82, 2.24) is 10.2 Å². The molecule has 2 heterocycles. The van der Waals surface area contributed by atoms with Gasteiger partial charge in [0, 0.05) is 18.6 Å². The molecule has 5 heteroatoms. The fourth-order valence-electron chi connectivity index (χ4n) is 3.65. The lowest BCUT2D eigenvalue weighted by atomic mass is 10.0. The highest BCUT2D eigenvalue weighted by Gasteiger charge is 2.26. The van der Waals surface area contributed by atoms with Gasteiger partial charge < -0.3 is 10.2 Å². The monoisotopic (exact) mass is 336 g/mol. The molecule has 0 amide bonds. The van der Waals surface area contributed by atoms with E-state index >= 15 is 0 Å². The summed E-state index contributed by atoms with van der Waals surface area (Å²) in [6.07, 6.45) is 5.06. The van der Waals surface area contributed by atoms with E-state index in [0.29, 0.717) is 23.6 Å². The number of rotatable bonds is 5. The number of piperidine rings is 1. The molecule has 2 aliphatic heterocycles. The summed E-state index contributed by atoms with van der Waals surface area (Å²) in [5.41, 5.74) is 1.41. The summed E-state index contributed by atoms with van der Waals surface area (Å²) in [5, 5.41) is 3.70. The smallest absolute Gasteiger partial charge is 0.150 e. The maximum absolute atomic E-state index is 11.5. The molecule has 0 radical (unpaired) electrons. The molecule has 2 saturated heterocycles. The van der Waals surface area contributed by atoms with Gasteiger partial charge in [-0.1, -0.05) is 30.3 Å². The van der Waals surface area contributed by atoms with Crippen LogP contribution in [0, 0.1) is 0 Å². The maximum atomic E-state index is 11.5. The molecule has 2 fully saturated rings. The zero-order valence-corrected chi connectivity index (χ0v) is 14.6. The van der Waals surface area contributed by atoms with Crippen LogP contribution in [0.2, 0.25) is 0 Å². The summed E-state index contributed by atoms with van der Waals surface area (Å²) in [7, 11) is -2.75. The topological polar surface area (TPSA) is 49.4 Å². The molecule has 0 spiro atoms. The van der Waals surface area contributed by atoms with Gasteiger partial charge >= 0.3 is 0 Å². The Balaban J connectivity index is 1.36. The first kappa shape index (κ1) is 16.9. The molecule has 0 atom stereocenters. The Labute approximate surface area is 140 Å². The predicted molar refractivity (Wildman–Crippen MR) is 94.4 cm³/mol. The van der Waals surface area contributed by atoms with Crippen molar-refractivity contribution in [2.75, 3.05) is 31.1 Å². The molecule has 0 aromatic heterocycles. The van der Waals surface area contributed by atoms with Crippen molar-refractivity contribution in [3.8, 4) is 0 Å². The number of nitrogens with one attached hydrogen (secondary N) is 1. The second-order valence-electron chi connectivity index (χ2n) is 6.94. The van der Waals surface area contributed by atoms with E-state index in [9.17, 15) is 8.42 Å². The molecule has 0 aliphatic carbocycles. The van der Waals surface area contributed by atoms with Gasteiger partial charge in [0.05, 0.1) is 11.5 Å². The van der Waals surface area contributed by atoms with E-state index in [1.807, 2.05) is 0 Å². The quantitative estimate of drug-likeness (QED) is 0.892. The van der Waals surface area contributed by atoms with Crippen molar-refractivity contribution in [3.05, 3.63) is 35.9 Å². The number of nitrogens with zero attached hydrogens (tertiary/aromatic N) is 1. The van der Waals surface area contributed by atoms with Crippen LogP contribution < -0.4 is 5.32 Å². The number of benzene rings is 1. The van der Waals surface area contributed by atoms with Crippen LogP contribution in [0.5, 0.6) is 0 Å². The first-order valence-electron chi connectivity index (χ1n) is 8.83. The minimum atomic E-state index is -2.75. The second kappa shape index (κ2) is 7.77. The average molecular weight is 337 g/mol. The fraction of sp³-hybridized carbons (Fsp3) is 0.667. The van der Waals surface area contributed by atoms with Crippen LogP contribution in [0.1, 0.15) is 31.2 Å². The normalized spacial score (nSPS) is 23.8. The number of hydrogen-bond donors (Lipinski definition) is 1. The SMILES string of the molecule is O=S1(=O)CCC(NC2CCN(CCc3ccccc3)CC2)CC1. The molecule has 1 aromatic carbocycles. The van der Waals surface area contributed by atoms with Gasteiger partial charge in [0.25, 0.3) is 0 Å². The first-order chi connectivity index (χ1) is 11.1. The molecular weight excluding hydrogens is 308 g/mol. The standard InChI is InChI=1S/C18H28N2O2S/c21-23(22)14-9-18(10-15-23)19-17-7-12-20(13-8-17)11-6-16-4-2-1-3-5-16/h1-5,17-19H,6-15H2. The molecule has 4 nitrogen and oxygen atoms in total. The number of likely N-dealkylation sites (tertiary alicyclic amines) is 1. The van der Waals surface area contributed by atoms with Crippen molar-refractivity contribution in [1.29, 1.82) is 0 Å². The highest BCUT2D eigenvalue weighted by Crippen LogP contribution is 2.17. The molecule has 0 bridgehead atoms. The summed E-state index contributed by atoms with van der Waals surface area (Å²) in [6.45, 7) is 3.43. The summed E-state index contributed by atoms with van der Waals surface area (Å²) < 4.78 is 23.0. The van der Waals surface area contributed by atoms with E-state index in [1.54, 1.807) is 0 Å². The minimum absolute atomic E-state index is 0.362. The van der Waals surface area contributed by atoms with Crippen LogP contribution in [0.3, 0.4) is 0 Å². The maximum Gasteiger partial charge on any atom is 0.150 e. The Morgan fingerprint density at radius 1 is 0.957 bits per heavy atom. The van der Waals surface area contributed by atoms with Gasteiger partial charge in [-0.3, -0.25) is 0 Å². The van der Waals surface area contributed by atoms with E-state index < -0.39 is 9.84 Å². The zero-order chi connectivity index (χ0) is 16.1. The van der Waals surface area contributed by atoms with Gasteiger partial charge in [0.2, 0.25) is 0 Å². The zero-order valence-electron chi connectivity index (χ0n) is 13.8. The molecule has 0 saturated carbocycles. The third-order valence-electron chi connectivity index (χ3n) is 5.17. The molecular formula is C18H28N2O2S. The lowest BCUT2D eigenvalue weighted by molar-refractivity contribution is 0.190. The van der Waals surface area contributed by atoms with Crippen LogP contribution in [-0.4, -0.2) is 56.5 Å². The van der Waals surface area contributed by atoms with Gasteiger partial charge in [-0.2, -0.15) is 0 Å². The second-order valence-corrected chi connectivity index (χ2v) is 9.25. The largest absolute Gasteiger partial charge is 0.311 e. The fourth-order valence-corrected chi connectivity index (χ4v) is 5.14. The minimum Gasteiger partial charge on any atom is -0.311 e. The van der Waals surface area contributed by atoms with Crippen LogP contribution >= 0.6 is 0 Å². The van der Waals surface area contributed by atoms with Crippen LogP contribution in [-0.2, 0) is 16.3 Å². The average Bonchev–Trinajstić information content (AvgIpc) is 2.57. The van der Waals surface area contributed by atoms with Crippen molar-refractivity contribution >= 4 is 9.84 Å². The van der Waals surface area contributed by atoms with Crippen molar-refractivity contribution in [2.45, 2.75) is 44.2 Å². The number of hydrogen-bond acceptors (Lipinski definition) is 4. The van der Waals surface area contributed by atoms with Crippen LogP contribution in [0.4, 0.5) is 0 Å². The summed E-state index contributed by atoms with van der Waals surface area (Å²) in [4.78, 5) is 2.55. The molecule has 1 aromatic rings. The third kappa shape index (κ3) is 5.30. The van der Waals surface area contributed by atoms with E-state index in [1.165, 1.54) is 18.4 Å². The Morgan fingerprint density at radius 3 is 2.22 bits per heavy atom. The van der Waals surface area contributed by atoms with E-state index in [-0.39, 0.29) is 0 Å². The molecule has 1 N–H and O–H groups in total. The number of sulfone groups is 1. The van der Waals surface area contributed by atoms with Crippen molar-refractivity contribution in [2.24, 2.45) is 0 Å². The van der Waals surface area contributed by atoms with Crippen LogP contribution in [0.25, 0.3) is 0 Å². The Morgan fingerprint density at radius 2 is 1.57 bits per heavy atom. The van der Waals surface area contributed by atoms with Gasteiger partial charge in [-0.25, -0.2) is 8.42 Å². The summed E-state index contributed by atoms with van der Waals surface area (Å²) >= 11 is 0. The van der Waals surface area contributed by atoms with Gasteiger partial charge in [0.1, 0.15) is 9.84 Å². The molecule has 128 valence electrons. The van der Waals surface area contributed by atoms with E-state index in [2.05, 4.69) is 40.5 Å². The summed E-state index contributed by atoms with van der Waals surface area (Å²) in [6, 6.07) is 11.6. The first-order valence-corrected chi connectivity index (χ1v) is 10.7. The predicted octanol–water partition coefficient (Wildman–Crippen LogP) is 1.86. The molecule has 3 rings (SSSR count). The van der Waals surface area contributed by atoms with E-state index in [0.717, 1.165) is 38.9 Å². The van der Waals surface area contributed by atoms with E-state index in [4.69, 9.17) is 0 Å². The third-order valence-corrected chi connectivity index (χ3v) is 6.89. The van der Waals surface area contributed by atoms with Crippen molar-refractivity contribution in [3.63, 3.8) is 0 Å². The highest BCUT2D eigenvalue weighted by atomic mass is 32.2. The lowest BCUT2D eigenvalue weighted by Crippen LogP contribution is -2.48. The van der Waals surface area contributed by atoms with Gasteiger partial charge in [0.15, 0.2) is 0 Å².